The lowest BCUT2D eigenvalue weighted by Crippen LogP contribution is -2.42. The van der Waals surface area contributed by atoms with Gasteiger partial charge in [0.2, 0.25) is 11.8 Å². The topological polar surface area (TPSA) is 135 Å². The molecule has 6 rings (SSSR count). The summed E-state index contributed by atoms with van der Waals surface area (Å²) in [6.45, 7) is 3.03. The maximum Gasteiger partial charge on any atom is 0.224 e. The molecule has 0 aromatic heterocycles. The molecule has 5 N–H and O–H groups in total. The summed E-state index contributed by atoms with van der Waals surface area (Å²) in [5.41, 5.74) is 13.1. The standard InChI is InChI=1S/C45H56N4O6/c1-53-31-38-15-10-24-49(38)29-39-27-42(34-22-20-32(30-50)21-23-34)55-45(54-39)37-14-9-13-36(26-37)35-12-8-11-33(25-35)28-47-43(51)18-4-2-3-5-19-44(52)48-41-17-7-6-16-40(41)46/h6-9,11-14,16-17,20-23,25-26,38-39,42,45,50H,2-5,10,15,18-19,24,27-31,46H2,1H3,(H,47,51)(H,48,52)/t38-,39-,42+,45+/m0/s1. The van der Waals surface area contributed by atoms with Gasteiger partial charge in [0.05, 0.1) is 36.8 Å². The van der Waals surface area contributed by atoms with Gasteiger partial charge < -0.3 is 35.7 Å². The number of ether oxygens (including phenoxy) is 3. The quantitative estimate of drug-likeness (QED) is 0.0602. The molecule has 2 aliphatic heterocycles. The molecule has 2 amide bonds. The Bertz CT molecular complexity index is 1830. The maximum atomic E-state index is 12.7. The number of nitrogen functional groups attached to an aromatic ring is 1. The first-order valence-electron chi connectivity index (χ1n) is 19.7. The number of likely N-dealkylation sites (tertiary alicyclic amines) is 1. The molecular weight excluding hydrogens is 693 g/mol. The minimum absolute atomic E-state index is 0.00727. The number of carbonyl (C=O) groups excluding carboxylic acids is 2. The number of rotatable bonds is 18. The van der Waals surface area contributed by atoms with Crippen molar-refractivity contribution in [1.29, 1.82) is 0 Å². The van der Waals surface area contributed by atoms with Gasteiger partial charge in [-0.3, -0.25) is 14.5 Å². The lowest BCUT2D eigenvalue weighted by molar-refractivity contribution is -0.253. The molecule has 2 aliphatic rings. The van der Waals surface area contributed by atoms with Gasteiger partial charge in [-0.15, -0.1) is 0 Å². The van der Waals surface area contributed by atoms with Gasteiger partial charge in [0.1, 0.15) is 0 Å². The summed E-state index contributed by atoms with van der Waals surface area (Å²) in [7, 11) is 1.77. The normalized spacial score (nSPS) is 20.0. The largest absolute Gasteiger partial charge is 0.397 e. The van der Waals surface area contributed by atoms with Gasteiger partial charge in [-0.05, 0) is 84.3 Å². The van der Waals surface area contributed by atoms with Crippen molar-refractivity contribution in [3.05, 3.63) is 119 Å². The third kappa shape index (κ3) is 11.7. The van der Waals surface area contributed by atoms with Crippen LogP contribution in [0.5, 0.6) is 0 Å². The van der Waals surface area contributed by atoms with Crippen LogP contribution in [0.1, 0.15) is 92.4 Å². The first-order chi connectivity index (χ1) is 26.9. The number of benzene rings is 4. The molecule has 4 aromatic rings. The predicted molar refractivity (Wildman–Crippen MR) is 216 cm³/mol. The molecule has 0 unspecified atom stereocenters. The van der Waals surface area contributed by atoms with Crippen LogP contribution in [0.3, 0.4) is 0 Å². The second-order valence-corrected chi connectivity index (χ2v) is 14.7. The van der Waals surface area contributed by atoms with E-state index in [9.17, 15) is 14.7 Å². The number of hydrogen-bond acceptors (Lipinski definition) is 8. The van der Waals surface area contributed by atoms with Crippen molar-refractivity contribution in [2.75, 3.05) is 37.9 Å². The Morgan fingerprint density at radius 1 is 0.836 bits per heavy atom. The number of nitrogens with two attached hydrogens (primary N) is 1. The van der Waals surface area contributed by atoms with E-state index in [4.69, 9.17) is 19.9 Å². The van der Waals surface area contributed by atoms with E-state index >= 15 is 0 Å². The van der Waals surface area contributed by atoms with Gasteiger partial charge in [-0.25, -0.2) is 0 Å². The number of methoxy groups -OCH3 is 1. The summed E-state index contributed by atoms with van der Waals surface area (Å²) in [4.78, 5) is 27.4. The van der Waals surface area contributed by atoms with Crippen molar-refractivity contribution in [3.63, 3.8) is 0 Å². The lowest BCUT2D eigenvalue weighted by Gasteiger charge is -2.39. The van der Waals surface area contributed by atoms with Crippen LogP contribution in [0, 0.1) is 0 Å². The number of unbranched alkanes of at least 4 members (excludes halogenated alkanes) is 3. The molecule has 55 heavy (non-hydrogen) atoms. The fraction of sp³-hybridized carbons (Fsp3) is 0.422. The minimum atomic E-state index is -0.544. The zero-order valence-electron chi connectivity index (χ0n) is 32.0. The van der Waals surface area contributed by atoms with Gasteiger partial charge in [-0.1, -0.05) is 85.6 Å². The molecule has 10 heteroatoms. The molecular formula is C45H56N4O6. The summed E-state index contributed by atoms with van der Waals surface area (Å²) in [5.74, 6) is -0.0254. The second kappa shape index (κ2) is 20.4. The van der Waals surface area contributed by atoms with Gasteiger partial charge >= 0.3 is 0 Å². The zero-order chi connectivity index (χ0) is 38.4. The third-order valence-electron chi connectivity index (χ3n) is 10.6. The first-order valence-corrected chi connectivity index (χ1v) is 19.7. The van der Waals surface area contributed by atoms with Crippen molar-refractivity contribution < 1.29 is 28.9 Å². The molecule has 10 nitrogen and oxygen atoms in total. The second-order valence-electron chi connectivity index (χ2n) is 14.7. The van der Waals surface area contributed by atoms with E-state index in [1.165, 1.54) is 0 Å². The van der Waals surface area contributed by atoms with E-state index in [1.807, 2.05) is 54.6 Å². The highest BCUT2D eigenvalue weighted by molar-refractivity contribution is 5.93. The zero-order valence-corrected chi connectivity index (χ0v) is 32.0. The van der Waals surface area contributed by atoms with E-state index in [-0.39, 0.29) is 30.6 Å². The number of carbonyl (C=O) groups is 2. The number of nitrogens with one attached hydrogen (secondary N) is 2. The van der Waals surface area contributed by atoms with E-state index in [2.05, 4.69) is 45.9 Å². The van der Waals surface area contributed by atoms with Crippen LogP contribution in [0.2, 0.25) is 0 Å². The molecule has 4 aromatic carbocycles. The summed E-state index contributed by atoms with van der Waals surface area (Å²) >= 11 is 0. The van der Waals surface area contributed by atoms with E-state index in [0.717, 1.165) is 98.0 Å². The molecule has 0 bridgehead atoms. The number of amides is 2. The number of aliphatic hydroxyl groups is 1. The van der Waals surface area contributed by atoms with Crippen molar-refractivity contribution in [2.45, 2.75) is 95.5 Å². The Morgan fingerprint density at radius 2 is 1.58 bits per heavy atom. The number of anilines is 2. The lowest BCUT2D eigenvalue weighted by atomic mass is 9.98. The van der Waals surface area contributed by atoms with Crippen LogP contribution >= 0.6 is 0 Å². The van der Waals surface area contributed by atoms with Gasteiger partial charge in [0, 0.05) is 51.1 Å². The van der Waals surface area contributed by atoms with Crippen LogP contribution < -0.4 is 16.4 Å². The van der Waals surface area contributed by atoms with Gasteiger partial charge in [0.15, 0.2) is 6.29 Å². The minimum Gasteiger partial charge on any atom is -0.397 e. The van der Waals surface area contributed by atoms with Crippen LogP contribution in [0.25, 0.3) is 11.1 Å². The van der Waals surface area contributed by atoms with Crippen LogP contribution in [0.15, 0.2) is 97.1 Å². The first kappa shape index (κ1) is 40.1. The fourth-order valence-electron chi connectivity index (χ4n) is 7.57. The summed E-state index contributed by atoms with van der Waals surface area (Å²) in [6.07, 6.45) is 6.50. The SMILES string of the molecule is COC[C@@H]1CCCN1C[C@@H]1C[C@H](c2ccc(CO)cc2)O[C@H](c2cccc(-c3cccc(CNC(=O)CCCCCCC(=O)Nc4ccccc4N)c3)c2)O1. The summed E-state index contributed by atoms with van der Waals surface area (Å²) < 4.78 is 18.9. The number of nitrogens with zero attached hydrogens (tertiary/aromatic N) is 1. The van der Waals surface area contributed by atoms with Crippen molar-refractivity contribution >= 4 is 23.2 Å². The Balaban J connectivity index is 1.01. The number of para-hydroxylation sites is 2. The average molecular weight is 749 g/mol. The van der Waals surface area contributed by atoms with E-state index in [0.29, 0.717) is 36.8 Å². The van der Waals surface area contributed by atoms with E-state index in [1.54, 1.807) is 19.2 Å². The number of hydrogen-bond donors (Lipinski definition) is 4. The van der Waals surface area contributed by atoms with Crippen molar-refractivity contribution in [2.24, 2.45) is 0 Å². The van der Waals surface area contributed by atoms with Crippen molar-refractivity contribution in [3.8, 4) is 11.1 Å². The molecule has 2 fully saturated rings. The monoisotopic (exact) mass is 748 g/mol. The summed E-state index contributed by atoms with van der Waals surface area (Å²) in [6, 6.07) is 32.2. The fourth-order valence-corrected chi connectivity index (χ4v) is 7.57. The third-order valence-corrected chi connectivity index (χ3v) is 10.6. The average Bonchev–Trinajstić information content (AvgIpc) is 3.65. The summed E-state index contributed by atoms with van der Waals surface area (Å²) in [5, 5.41) is 15.5. The highest BCUT2D eigenvalue weighted by atomic mass is 16.7. The Labute approximate surface area is 325 Å². The molecule has 2 heterocycles. The highest BCUT2D eigenvalue weighted by Gasteiger charge is 2.35. The van der Waals surface area contributed by atoms with Crippen LogP contribution in [-0.4, -0.2) is 60.8 Å². The molecule has 292 valence electrons. The van der Waals surface area contributed by atoms with E-state index < -0.39 is 6.29 Å². The smallest absolute Gasteiger partial charge is 0.224 e. The van der Waals surface area contributed by atoms with Gasteiger partial charge in [0.25, 0.3) is 0 Å². The van der Waals surface area contributed by atoms with Crippen LogP contribution in [-0.2, 0) is 37.0 Å². The molecule has 2 saturated heterocycles. The van der Waals surface area contributed by atoms with Crippen molar-refractivity contribution in [1.82, 2.24) is 10.2 Å². The Morgan fingerprint density at radius 3 is 2.35 bits per heavy atom. The number of aliphatic hydroxyl groups excluding tert-OH is 1. The Hall–Kier alpha value is -4.58. The molecule has 4 atom stereocenters. The maximum absolute atomic E-state index is 12.7. The Kier molecular flexibility index (Phi) is 14.8. The van der Waals surface area contributed by atoms with Gasteiger partial charge in [-0.2, -0.15) is 0 Å². The highest BCUT2D eigenvalue weighted by Crippen LogP contribution is 2.39. The molecule has 0 spiro atoms. The molecule has 0 radical (unpaired) electrons. The van der Waals surface area contributed by atoms with Crippen LogP contribution in [0.4, 0.5) is 11.4 Å². The molecule has 0 saturated carbocycles. The molecule has 0 aliphatic carbocycles. The predicted octanol–water partition coefficient (Wildman–Crippen LogP) is 7.68.